The molecule has 1 aromatic heterocycles. The third-order valence-corrected chi connectivity index (χ3v) is 7.60. The van der Waals surface area contributed by atoms with Crippen molar-refractivity contribution in [2.24, 2.45) is 0 Å². The minimum absolute atomic E-state index is 0.00762. The number of nitrogens with zero attached hydrogens (tertiary/aromatic N) is 3. The summed E-state index contributed by atoms with van der Waals surface area (Å²) in [4.78, 5) is 31.5. The average Bonchev–Trinajstić information content (AvgIpc) is 3.00. The summed E-state index contributed by atoms with van der Waals surface area (Å²) in [6, 6.07) is 16.5. The van der Waals surface area contributed by atoms with Crippen molar-refractivity contribution in [2.75, 3.05) is 31.1 Å². The van der Waals surface area contributed by atoms with Gasteiger partial charge in [-0.05, 0) is 82.0 Å². The number of ether oxygens (including phenoxy) is 2. The molecule has 0 spiro atoms. The number of alkyl halides is 3. The molecular formula is C34H38F3N5O4. The van der Waals surface area contributed by atoms with Crippen molar-refractivity contribution in [1.82, 2.24) is 15.6 Å². The lowest BCUT2D eigenvalue weighted by atomic mass is 9.80. The van der Waals surface area contributed by atoms with Crippen molar-refractivity contribution in [3.8, 4) is 23.1 Å². The maximum atomic E-state index is 13.3. The number of halogens is 3. The number of alkyl carbamates (subject to hydrolysis) is 1. The Hall–Kier alpha value is -4.79. The fraction of sp³-hybridized carbons (Fsp3) is 0.412. The van der Waals surface area contributed by atoms with Gasteiger partial charge in [-0.1, -0.05) is 24.3 Å². The Morgan fingerprint density at radius 3 is 2.37 bits per heavy atom. The second-order valence-electron chi connectivity index (χ2n) is 12.0. The number of carbonyl (C=O) groups excluding carboxylic acids is 2. The zero-order valence-electron chi connectivity index (χ0n) is 26.3. The first-order valence-corrected chi connectivity index (χ1v) is 15.1. The van der Waals surface area contributed by atoms with Crippen LogP contribution in [0, 0.1) is 11.3 Å². The number of pyridine rings is 1. The van der Waals surface area contributed by atoms with Gasteiger partial charge in [0, 0.05) is 37.8 Å². The van der Waals surface area contributed by atoms with Crippen LogP contribution in [0.5, 0.6) is 5.88 Å². The van der Waals surface area contributed by atoms with Crippen LogP contribution in [0.2, 0.25) is 0 Å². The van der Waals surface area contributed by atoms with E-state index in [2.05, 4.69) is 15.6 Å². The predicted molar refractivity (Wildman–Crippen MR) is 167 cm³/mol. The first kappa shape index (κ1) is 34.1. The summed E-state index contributed by atoms with van der Waals surface area (Å²) in [5.41, 5.74) is 0.528. The van der Waals surface area contributed by atoms with Crippen LogP contribution in [0.15, 0.2) is 60.8 Å². The summed E-state index contributed by atoms with van der Waals surface area (Å²) in [6.07, 6.45) is -2.68. The summed E-state index contributed by atoms with van der Waals surface area (Å²) in [5, 5.41) is 15.4. The molecule has 0 aliphatic carbocycles. The van der Waals surface area contributed by atoms with Crippen LogP contribution in [0.4, 0.5) is 23.7 Å². The molecule has 1 aliphatic heterocycles. The van der Waals surface area contributed by atoms with Gasteiger partial charge in [-0.2, -0.15) is 18.4 Å². The Labute approximate surface area is 266 Å². The van der Waals surface area contributed by atoms with Crippen LogP contribution in [-0.4, -0.2) is 48.8 Å². The first-order chi connectivity index (χ1) is 21.7. The molecule has 2 N–H and O–H groups in total. The van der Waals surface area contributed by atoms with Crippen molar-refractivity contribution in [3.05, 3.63) is 77.5 Å². The highest BCUT2D eigenvalue weighted by Gasteiger charge is 2.39. The molecule has 4 rings (SSSR count). The van der Waals surface area contributed by atoms with Crippen LogP contribution < -0.4 is 20.3 Å². The maximum Gasteiger partial charge on any atom is 0.416 e. The maximum absolute atomic E-state index is 13.3. The molecule has 244 valence electrons. The summed E-state index contributed by atoms with van der Waals surface area (Å²) < 4.78 is 50.8. The van der Waals surface area contributed by atoms with Crippen LogP contribution in [0.3, 0.4) is 0 Å². The van der Waals surface area contributed by atoms with Gasteiger partial charge in [0.2, 0.25) is 11.8 Å². The number of carbonyl (C=O) groups is 2. The molecule has 9 nitrogen and oxygen atoms in total. The van der Waals surface area contributed by atoms with Gasteiger partial charge in [0.05, 0.1) is 29.0 Å². The standard InChI is InChI=1S/C34H38F3N5O4/c1-5-45-30-27(7-6-17-39-30)23-8-10-25(11-9-23)33(41-29(43)14-18-40-31(44)46-32(2,3)4)15-19-42(20-16-33)28-13-12-26(34(35,36)37)21-24(28)22-38/h6-13,17,21H,5,14-16,18-20H2,1-4H3,(H,40,44)(H,41,43). The zero-order valence-corrected chi connectivity index (χ0v) is 26.3. The minimum Gasteiger partial charge on any atom is -0.478 e. The summed E-state index contributed by atoms with van der Waals surface area (Å²) >= 11 is 0. The lowest BCUT2D eigenvalue weighted by molar-refractivity contribution is -0.137. The fourth-order valence-electron chi connectivity index (χ4n) is 5.45. The molecule has 0 unspecified atom stereocenters. The molecule has 0 saturated carbocycles. The molecule has 12 heteroatoms. The second-order valence-corrected chi connectivity index (χ2v) is 12.0. The third kappa shape index (κ3) is 8.47. The number of benzene rings is 2. The van der Waals surface area contributed by atoms with Crippen molar-refractivity contribution < 1.29 is 32.2 Å². The molecular weight excluding hydrogens is 599 g/mol. The smallest absolute Gasteiger partial charge is 0.416 e. The van der Waals surface area contributed by atoms with Crippen LogP contribution in [0.25, 0.3) is 11.1 Å². The Morgan fingerprint density at radius 2 is 1.76 bits per heavy atom. The normalized spacial score (nSPS) is 14.6. The SMILES string of the molecule is CCOc1ncccc1-c1ccc(C2(NC(=O)CCNC(=O)OC(C)(C)C)CCN(c3ccc(C(F)(F)F)cc3C#N)CC2)cc1. The first-order valence-electron chi connectivity index (χ1n) is 15.1. The highest BCUT2D eigenvalue weighted by molar-refractivity contribution is 5.78. The van der Waals surface area contributed by atoms with E-state index >= 15 is 0 Å². The highest BCUT2D eigenvalue weighted by Crippen LogP contribution is 2.39. The lowest BCUT2D eigenvalue weighted by Crippen LogP contribution is -2.53. The molecule has 3 aromatic rings. The summed E-state index contributed by atoms with van der Waals surface area (Å²) in [6.45, 7) is 8.39. The van der Waals surface area contributed by atoms with E-state index in [0.717, 1.165) is 28.8 Å². The van der Waals surface area contributed by atoms with Crippen LogP contribution in [0.1, 0.15) is 63.6 Å². The van der Waals surface area contributed by atoms with E-state index < -0.39 is 29.0 Å². The predicted octanol–water partition coefficient (Wildman–Crippen LogP) is 6.56. The summed E-state index contributed by atoms with van der Waals surface area (Å²) in [7, 11) is 0. The largest absolute Gasteiger partial charge is 0.478 e. The summed E-state index contributed by atoms with van der Waals surface area (Å²) in [5.74, 6) is 0.225. The molecule has 46 heavy (non-hydrogen) atoms. The van der Waals surface area contributed by atoms with Gasteiger partial charge in [0.1, 0.15) is 11.7 Å². The van der Waals surface area contributed by atoms with E-state index in [1.807, 2.05) is 54.3 Å². The van der Waals surface area contributed by atoms with E-state index in [0.29, 0.717) is 44.1 Å². The van der Waals surface area contributed by atoms with E-state index in [1.54, 1.807) is 27.0 Å². The van der Waals surface area contributed by atoms with Gasteiger partial charge in [-0.25, -0.2) is 9.78 Å². The number of nitrogens with one attached hydrogen (secondary N) is 2. The van der Waals surface area contributed by atoms with Gasteiger partial charge in [0.25, 0.3) is 0 Å². The molecule has 2 amide bonds. The van der Waals surface area contributed by atoms with E-state index in [9.17, 15) is 28.0 Å². The van der Waals surface area contributed by atoms with Gasteiger partial charge < -0.3 is 25.0 Å². The Morgan fingerprint density at radius 1 is 1.07 bits per heavy atom. The molecule has 1 saturated heterocycles. The van der Waals surface area contributed by atoms with Gasteiger partial charge in [-0.15, -0.1) is 0 Å². The van der Waals surface area contributed by atoms with E-state index in [1.165, 1.54) is 6.07 Å². The van der Waals surface area contributed by atoms with Crippen molar-refractivity contribution in [2.45, 2.75) is 64.3 Å². The Balaban J connectivity index is 1.57. The molecule has 1 fully saturated rings. The van der Waals surface area contributed by atoms with Gasteiger partial charge >= 0.3 is 12.3 Å². The number of amides is 2. The quantitative estimate of drug-likeness (QED) is 0.273. The molecule has 0 atom stereocenters. The average molecular weight is 638 g/mol. The number of aromatic nitrogens is 1. The second kappa shape index (κ2) is 14.1. The van der Waals surface area contributed by atoms with E-state index in [4.69, 9.17) is 9.47 Å². The molecule has 2 heterocycles. The number of anilines is 1. The monoisotopic (exact) mass is 637 g/mol. The van der Waals surface area contributed by atoms with Crippen molar-refractivity contribution >= 4 is 17.7 Å². The van der Waals surface area contributed by atoms with Crippen molar-refractivity contribution in [1.29, 1.82) is 5.26 Å². The van der Waals surface area contributed by atoms with Crippen LogP contribution >= 0.6 is 0 Å². The number of hydrogen-bond donors (Lipinski definition) is 2. The van der Waals surface area contributed by atoms with E-state index in [-0.39, 0.29) is 24.4 Å². The zero-order chi connectivity index (χ0) is 33.5. The topological polar surface area (TPSA) is 117 Å². The molecule has 0 bridgehead atoms. The van der Waals surface area contributed by atoms with Crippen molar-refractivity contribution in [3.63, 3.8) is 0 Å². The Bertz CT molecular complexity index is 1570. The third-order valence-electron chi connectivity index (χ3n) is 7.60. The van der Waals surface area contributed by atoms with Gasteiger partial charge in [-0.3, -0.25) is 4.79 Å². The molecule has 1 aliphatic rings. The number of piperidine rings is 1. The van der Waals surface area contributed by atoms with Crippen LogP contribution in [-0.2, 0) is 21.2 Å². The number of rotatable bonds is 9. The molecule has 2 aromatic carbocycles. The van der Waals surface area contributed by atoms with Gasteiger partial charge in [0.15, 0.2) is 0 Å². The Kier molecular flexibility index (Phi) is 10.5. The fourth-order valence-corrected chi connectivity index (χ4v) is 5.45. The number of hydrogen-bond acceptors (Lipinski definition) is 7. The minimum atomic E-state index is -4.56. The number of nitriles is 1. The molecule has 0 radical (unpaired) electrons. The lowest BCUT2D eigenvalue weighted by Gasteiger charge is -2.44. The highest BCUT2D eigenvalue weighted by atomic mass is 19.4.